The Bertz CT molecular complexity index is 57.5. The number of nitrogens with one attached hydrogen (secondary N) is 1. The third kappa shape index (κ3) is 18.9. The molecule has 0 bridgehead atoms. The Kier molecular flexibility index (Phi) is 20.9. The first-order valence-corrected chi connectivity index (χ1v) is 2.69. The fourth-order valence-corrected chi connectivity index (χ4v) is 0.127. The Balaban J connectivity index is 0. The van der Waals surface area contributed by atoms with Crippen LogP contribution in [0.2, 0.25) is 0 Å². The SMILES string of the molecule is C=CNC=NC.CC. The van der Waals surface area contributed by atoms with Crippen molar-refractivity contribution in [2.45, 2.75) is 13.8 Å². The van der Waals surface area contributed by atoms with Crippen LogP contribution in [0.5, 0.6) is 0 Å². The van der Waals surface area contributed by atoms with E-state index in [2.05, 4.69) is 16.9 Å². The molecular formula is C6H14N2. The summed E-state index contributed by atoms with van der Waals surface area (Å²) in [5, 5.41) is 2.67. The molecule has 0 radical (unpaired) electrons. The van der Waals surface area contributed by atoms with Crippen molar-refractivity contribution in [2.75, 3.05) is 7.05 Å². The van der Waals surface area contributed by atoms with Crippen LogP contribution in [0.1, 0.15) is 13.8 Å². The Labute approximate surface area is 51.3 Å². The van der Waals surface area contributed by atoms with Gasteiger partial charge in [-0.25, -0.2) is 0 Å². The third-order valence-corrected chi connectivity index (χ3v) is 0.321. The summed E-state index contributed by atoms with van der Waals surface area (Å²) in [7, 11) is 1.69. The molecule has 2 heteroatoms. The molecule has 0 unspecified atom stereocenters. The highest BCUT2D eigenvalue weighted by atomic mass is 14.9. The summed E-state index contributed by atoms with van der Waals surface area (Å²) in [5.74, 6) is 0. The van der Waals surface area contributed by atoms with E-state index in [1.165, 1.54) is 0 Å². The smallest absolute Gasteiger partial charge is 0.0859 e. The van der Waals surface area contributed by atoms with Gasteiger partial charge < -0.3 is 5.32 Å². The standard InChI is InChI=1S/C4H8N2.C2H6/c1-3-6-4-5-2;1-2/h3-4H,1H2,2H3,(H,5,6);1-2H3. The minimum atomic E-state index is 1.56. The molecule has 0 aromatic carbocycles. The second-order valence-electron chi connectivity index (χ2n) is 0.758. The number of rotatable bonds is 2. The van der Waals surface area contributed by atoms with Gasteiger partial charge in [0.05, 0.1) is 6.34 Å². The zero-order valence-corrected chi connectivity index (χ0v) is 5.81. The zero-order valence-electron chi connectivity index (χ0n) is 5.81. The van der Waals surface area contributed by atoms with Crippen molar-refractivity contribution in [2.24, 2.45) is 4.99 Å². The summed E-state index contributed by atoms with van der Waals surface area (Å²) in [4.78, 5) is 3.62. The Morgan fingerprint density at radius 2 is 2.00 bits per heavy atom. The summed E-state index contributed by atoms with van der Waals surface area (Å²) in [6.45, 7) is 7.40. The van der Waals surface area contributed by atoms with E-state index >= 15 is 0 Å². The lowest BCUT2D eigenvalue weighted by Crippen LogP contribution is -1.97. The summed E-state index contributed by atoms with van der Waals surface area (Å²) in [6.07, 6.45) is 3.12. The monoisotopic (exact) mass is 114 g/mol. The van der Waals surface area contributed by atoms with Gasteiger partial charge in [-0.2, -0.15) is 0 Å². The highest BCUT2D eigenvalue weighted by Crippen LogP contribution is 1.45. The molecule has 1 N–H and O–H groups in total. The van der Waals surface area contributed by atoms with E-state index in [-0.39, 0.29) is 0 Å². The van der Waals surface area contributed by atoms with Crippen LogP contribution >= 0.6 is 0 Å². The van der Waals surface area contributed by atoms with Gasteiger partial charge in [0.25, 0.3) is 0 Å². The van der Waals surface area contributed by atoms with E-state index in [9.17, 15) is 0 Å². The van der Waals surface area contributed by atoms with Gasteiger partial charge in [0.1, 0.15) is 0 Å². The van der Waals surface area contributed by atoms with Crippen LogP contribution in [0.4, 0.5) is 0 Å². The summed E-state index contributed by atoms with van der Waals surface area (Å²) in [6, 6.07) is 0. The van der Waals surface area contributed by atoms with Crippen LogP contribution in [-0.2, 0) is 0 Å². The van der Waals surface area contributed by atoms with Gasteiger partial charge in [-0.3, -0.25) is 4.99 Å². The van der Waals surface area contributed by atoms with Gasteiger partial charge in [-0.05, 0) is 6.20 Å². The maximum absolute atomic E-state index is 3.62. The second kappa shape index (κ2) is 16.4. The van der Waals surface area contributed by atoms with Crippen molar-refractivity contribution < 1.29 is 0 Å². The Morgan fingerprint density at radius 1 is 1.50 bits per heavy atom. The molecule has 0 heterocycles. The maximum atomic E-state index is 3.62. The van der Waals surface area contributed by atoms with Crippen molar-refractivity contribution in [1.29, 1.82) is 0 Å². The van der Waals surface area contributed by atoms with E-state index < -0.39 is 0 Å². The molecule has 0 spiro atoms. The molecule has 0 amide bonds. The van der Waals surface area contributed by atoms with Crippen LogP contribution in [0.15, 0.2) is 17.8 Å². The van der Waals surface area contributed by atoms with E-state index in [1.807, 2.05) is 13.8 Å². The van der Waals surface area contributed by atoms with Crippen LogP contribution in [0.25, 0.3) is 0 Å². The predicted octanol–water partition coefficient (Wildman–Crippen LogP) is 1.40. The summed E-state index contributed by atoms with van der Waals surface area (Å²) >= 11 is 0. The molecule has 2 nitrogen and oxygen atoms in total. The van der Waals surface area contributed by atoms with Crippen molar-refractivity contribution in [3.05, 3.63) is 12.8 Å². The van der Waals surface area contributed by atoms with E-state index in [0.29, 0.717) is 0 Å². The van der Waals surface area contributed by atoms with Gasteiger partial charge in [0.2, 0.25) is 0 Å². The first-order valence-electron chi connectivity index (χ1n) is 2.69. The fraction of sp³-hybridized carbons (Fsp3) is 0.500. The predicted molar refractivity (Wildman–Crippen MR) is 39.1 cm³/mol. The molecule has 0 aromatic rings. The van der Waals surface area contributed by atoms with Gasteiger partial charge >= 0.3 is 0 Å². The average molecular weight is 114 g/mol. The molecule has 0 atom stereocenters. The van der Waals surface area contributed by atoms with E-state index in [1.54, 1.807) is 19.6 Å². The Morgan fingerprint density at radius 3 is 2.12 bits per heavy atom. The normalized spacial score (nSPS) is 7.38. The average Bonchev–Trinajstić information content (AvgIpc) is 1.88. The molecule has 0 fully saturated rings. The molecule has 0 saturated carbocycles. The number of aliphatic imine (C=N–C) groups is 1. The topological polar surface area (TPSA) is 24.4 Å². The van der Waals surface area contributed by atoms with Crippen LogP contribution < -0.4 is 5.32 Å². The van der Waals surface area contributed by atoms with Crippen LogP contribution in [-0.4, -0.2) is 13.4 Å². The minimum Gasteiger partial charge on any atom is -0.354 e. The van der Waals surface area contributed by atoms with E-state index in [4.69, 9.17) is 0 Å². The number of nitrogens with zero attached hydrogens (tertiary/aromatic N) is 1. The lowest BCUT2D eigenvalue weighted by Gasteiger charge is -1.78. The molecule has 0 aliphatic carbocycles. The fourth-order valence-electron chi connectivity index (χ4n) is 0.127. The molecule has 0 aliphatic heterocycles. The Hall–Kier alpha value is -0.790. The van der Waals surface area contributed by atoms with Gasteiger partial charge in [-0.1, -0.05) is 20.4 Å². The van der Waals surface area contributed by atoms with Crippen molar-refractivity contribution in [1.82, 2.24) is 5.32 Å². The molecule has 0 rings (SSSR count). The molecule has 8 heavy (non-hydrogen) atoms. The largest absolute Gasteiger partial charge is 0.354 e. The molecular weight excluding hydrogens is 100 g/mol. The number of hydrogen-bond donors (Lipinski definition) is 1. The highest BCUT2D eigenvalue weighted by molar-refractivity contribution is 5.55. The number of hydrogen-bond acceptors (Lipinski definition) is 1. The first-order chi connectivity index (χ1) is 3.91. The van der Waals surface area contributed by atoms with E-state index in [0.717, 1.165) is 0 Å². The van der Waals surface area contributed by atoms with Crippen molar-refractivity contribution >= 4 is 6.34 Å². The minimum absolute atomic E-state index is 1.56. The third-order valence-electron chi connectivity index (χ3n) is 0.321. The molecule has 0 aromatic heterocycles. The van der Waals surface area contributed by atoms with Gasteiger partial charge in [0.15, 0.2) is 0 Å². The van der Waals surface area contributed by atoms with Gasteiger partial charge in [-0.15, -0.1) is 0 Å². The highest BCUT2D eigenvalue weighted by Gasteiger charge is 1.51. The molecule has 0 saturated heterocycles. The summed E-state index contributed by atoms with van der Waals surface area (Å²) in [5.41, 5.74) is 0. The zero-order chi connectivity index (χ0) is 6.83. The quantitative estimate of drug-likeness (QED) is 0.426. The van der Waals surface area contributed by atoms with Crippen LogP contribution in [0.3, 0.4) is 0 Å². The van der Waals surface area contributed by atoms with Gasteiger partial charge in [0, 0.05) is 7.05 Å². The second-order valence-corrected chi connectivity index (χ2v) is 0.758. The first kappa shape index (κ1) is 10.2. The van der Waals surface area contributed by atoms with Crippen LogP contribution in [0, 0.1) is 0 Å². The molecule has 0 aliphatic rings. The lowest BCUT2D eigenvalue weighted by atomic mass is 11.0. The lowest BCUT2D eigenvalue weighted by molar-refractivity contribution is 1.29. The van der Waals surface area contributed by atoms with Crippen molar-refractivity contribution in [3.8, 4) is 0 Å². The maximum Gasteiger partial charge on any atom is 0.0859 e. The summed E-state index contributed by atoms with van der Waals surface area (Å²) < 4.78 is 0. The molecule has 48 valence electrons. The van der Waals surface area contributed by atoms with Crippen molar-refractivity contribution in [3.63, 3.8) is 0 Å².